The highest BCUT2D eigenvalue weighted by Gasteiger charge is 2.07. The fourth-order valence-electron chi connectivity index (χ4n) is 0.969. The number of hydrogen-bond acceptors (Lipinski definition) is 2. The first-order valence-corrected chi connectivity index (χ1v) is 3.48. The number of imidazole rings is 1. The van der Waals surface area contributed by atoms with Crippen molar-refractivity contribution in [2.24, 2.45) is 0 Å². The van der Waals surface area contributed by atoms with E-state index in [0.717, 1.165) is 17.1 Å². The van der Waals surface area contributed by atoms with Crippen molar-refractivity contribution in [3.8, 4) is 0 Å². The lowest BCUT2D eigenvalue weighted by atomic mass is 9.69. The third-order valence-corrected chi connectivity index (χ3v) is 1.39. The van der Waals surface area contributed by atoms with Gasteiger partial charge in [-0.3, -0.25) is 0 Å². The van der Waals surface area contributed by atoms with Crippen molar-refractivity contribution in [2.75, 3.05) is 0 Å². The van der Waals surface area contributed by atoms with Crippen molar-refractivity contribution in [3.05, 3.63) is 11.5 Å². The fraction of sp³-hybridized carbons (Fsp3) is 0.429. The molecule has 0 spiro atoms. The molecule has 0 bridgehead atoms. The Hall–Kier alpha value is -1.06. The number of carbonyl (C=O) groups is 1. The maximum absolute atomic E-state index is 10.7. The normalized spacial score (nSPS) is 9.73. The van der Waals surface area contributed by atoms with Crippen molar-refractivity contribution in [2.45, 2.75) is 20.8 Å². The summed E-state index contributed by atoms with van der Waals surface area (Å²) in [5, 5.41) is 0. The molecule has 4 heteroatoms. The molecule has 0 aliphatic carbocycles. The van der Waals surface area contributed by atoms with E-state index in [2.05, 4.69) is 9.97 Å². The van der Waals surface area contributed by atoms with Crippen LogP contribution in [0.4, 0.5) is 0 Å². The van der Waals surface area contributed by atoms with Crippen LogP contribution >= 0.6 is 0 Å². The molecule has 0 aliphatic rings. The molecule has 1 radical (unpaired) electrons. The van der Waals surface area contributed by atoms with Crippen molar-refractivity contribution in [1.29, 1.82) is 0 Å². The smallest absolute Gasteiger partial charge is 0.265 e. The van der Waals surface area contributed by atoms with E-state index in [-0.39, 0.29) is 5.68 Å². The Morgan fingerprint density at radius 1 is 1.55 bits per heavy atom. The highest BCUT2D eigenvalue weighted by Crippen LogP contribution is 1.89. The SMILES string of the molecule is CC(=O)[B]c1[nH]c(C)nc1C. The maximum atomic E-state index is 10.7. The molecule has 0 aliphatic heterocycles. The number of aromatic nitrogens is 2. The standard InChI is InChI=1S/C7H10BN2O/c1-4-7(8-5(2)11)10-6(3)9-4/h1-3H3,(H,9,10). The van der Waals surface area contributed by atoms with Crippen LogP contribution in [0, 0.1) is 13.8 Å². The van der Waals surface area contributed by atoms with Gasteiger partial charge >= 0.3 is 0 Å². The number of aryl methyl sites for hydroxylation is 2. The number of hydrogen-bond donors (Lipinski definition) is 1. The Bertz CT molecular complexity index is 280. The second-order valence-corrected chi connectivity index (χ2v) is 2.58. The van der Waals surface area contributed by atoms with E-state index in [1.807, 2.05) is 13.8 Å². The van der Waals surface area contributed by atoms with E-state index < -0.39 is 0 Å². The van der Waals surface area contributed by atoms with Gasteiger partial charge in [0.25, 0.3) is 7.28 Å². The van der Waals surface area contributed by atoms with Crippen LogP contribution in [0.15, 0.2) is 0 Å². The number of aromatic amines is 1. The number of carbonyl (C=O) groups excluding carboxylic acids is 1. The first kappa shape index (κ1) is 8.05. The third-order valence-electron chi connectivity index (χ3n) is 1.39. The van der Waals surface area contributed by atoms with E-state index in [4.69, 9.17) is 0 Å². The minimum atomic E-state index is 0.0387. The van der Waals surface area contributed by atoms with E-state index in [1.54, 1.807) is 7.28 Å². The molecule has 0 unspecified atom stereocenters. The van der Waals surface area contributed by atoms with Gasteiger partial charge in [0.2, 0.25) is 0 Å². The molecule has 0 aromatic carbocycles. The Kier molecular flexibility index (Phi) is 2.12. The average molecular weight is 149 g/mol. The van der Waals surface area contributed by atoms with Gasteiger partial charge in [0.05, 0.1) is 5.68 Å². The van der Waals surface area contributed by atoms with Crippen LogP contribution in [0.5, 0.6) is 0 Å². The van der Waals surface area contributed by atoms with Crippen LogP contribution in [-0.2, 0) is 4.79 Å². The lowest BCUT2D eigenvalue weighted by Crippen LogP contribution is -2.24. The molecule has 0 saturated carbocycles. The molecule has 1 N–H and O–H groups in total. The van der Waals surface area contributed by atoms with Gasteiger partial charge in [-0.2, -0.15) is 0 Å². The minimum absolute atomic E-state index is 0.0387. The van der Waals surface area contributed by atoms with Crippen LogP contribution in [0.1, 0.15) is 18.4 Å². The summed E-state index contributed by atoms with van der Waals surface area (Å²) in [6.45, 7) is 5.26. The van der Waals surface area contributed by atoms with Gasteiger partial charge in [-0.25, -0.2) is 4.98 Å². The largest absolute Gasteiger partial charge is 0.354 e. The molecule has 0 saturated heterocycles. The summed E-state index contributed by atoms with van der Waals surface area (Å²) in [6.07, 6.45) is 0. The maximum Gasteiger partial charge on any atom is 0.265 e. The van der Waals surface area contributed by atoms with Crippen LogP contribution in [0.3, 0.4) is 0 Å². The van der Waals surface area contributed by atoms with Crippen molar-refractivity contribution in [1.82, 2.24) is 9.97 Å². The van der Waals surface area contributed by atoms with Crippen LogP contribution in [0.25, 0.3) is 0 Å². The molecule has 3 nitrogen and oxygen atoms in total. The Balaban J connectivity index is 2.85. The first-order valence-electron chi connectivity index (χ1n) is 3.48. The molecule has 1 heterocycles. The summed E-state index contributed by atoms with van der Waals surface area (Å²) in [7, 11) is 1.55. The molecule has 0 fully saturated rings. The second-order valence-electron chi connectivity index (χ2n) is 2.58. The van der Waals surface area contributed by atoms with Gasteiger partial charge in [-0.15, -0.1) is 0 Å². The summed E-state index contributed by atoms with van der Waals surface area (Å²) in [5.74, 6) is 0.843. The van der Waals surface area contributed by atoms with Gasteiger partial charge in [0, 0.05) is 11.3 Å². The predicted molar refractivity (Wildman–Crippen MR) is 44.1 cm³/mol. The lowest BCUT2D eigenvalue weighted by Gasteiger charge is -1.89. The van der Waals surface area contributed by atoms with Gasteiger partial charge in [0.1, 0.15) is 5.82 Å². The molecule has 0 amide bonds. The third kappa shape index (κ3) is 1.93. The zero-order chi connectivity index (χ0) is 8.43. The van der Waals surface area contributed by atoms with Crippen LogP contribution in [-0.4, -0.2) is 22.9 Å². The Labute approximate surface area is 66.5 Å². The molecule has 0 atom stereocenters. The highest BCUT2D eigenvalue weighted by molar-refractivity contribution is 6.83. The molecule has 1 rings (SSSR count). The number of rotatable bonds is 2. The predicted octanol–water partition coefficient (Wildman–Crippen LogP) is -0.0975. The quantitative estimate of drug-likeness (QED) is 0.597. The zero-order valence-electron chi connectivity index (χ0n) is 6.93. The summed E-state index contributed by atoms with van der Waals surface area (Å²) in [4.78, 5) is 17.8. The van der Waals surface area contributed by atoms with Gasteiger partial charge in [-0.05, 0) is 20.8 Å². The molecule has 57 valence electrons. The summed E-state index contributed by atoms with van der Waals surface area (Å²) in [6, 6.07) is 0. The van der Waals surface area contributed by atoms with Gasteiger partial charge < -0.3 is 9.78 Å². The number of H-pyrrole nitrogens is 1. The van der Waals surface area contributed by atoms with Crippen molar-refractivity contribution >= 4 is 18.6 Å². The van der Waals surface area contributed by atoms with E-state index >= 15 is 0 Å². The first-order chi connectivity index (χ1) is 5.09. The number of nitrogens with zero attached hydrogens (tertiary/aromatic N) is 1. The summed E-state index contributed by atoms with van der Waals surface area (Å²) in [5.41, 5.74) is 1.73. The second kappa shape index (κ2) is 2.90. The summed E-state index contributed by atoms with van der Waals surface area (Å²) < 4.78 is 0. The van der Waals surface area contributed by atoms with Gasteiger partial charge in [-0.1, -0.05) is 0 Å². The molecule has 1 aromatic heterocycles. The topological polar surface area (TPSA) is 45.8 Å². The highest BCUT2D eigenvalue weighted by atomic mass is 16.1. The van der Waals surface area contributed by atoms with Crippen LogP contribution in [0.2, 0.25) is 0 Å². The van der Waals surface area contributed by atoms with Gasteiger partial charge in [0.15, 0.2) is 0 Å². The monoisotopic (exact) mass is 149 g/mol. The molecular weight excluding hydrogens is 139 g/mol. The van der Waals surface area contributed by atoms with Crippen molar-refractivity contribution < 1.29 is 4.79 Å². The molecule has 11 heavy (non-hydrogen) atoms. The lowest BCUT2D eigenvalue weighted by molar-refractivity contribution is -0.110. The zero-order valence-corrected chi connectivity index (χ0v) is 6.93. The van der Waals surface area contributed by atoms with Crippen molar-refractivity contribution in [3.63, 3.8) is 0 Å². The van der Waals surface area contributed by atoms with Crippen LogP contribution < -0.4 is 5.59 Å². The fourth-order valence-corrected chi connectivity index (χ4v) is 0.969. The van der Waals surface area contributed by atoms with E-state index in [9.17, 15) is 4.79 Å². The molecular formula is C7H10BN2O. The Morgan fingerprint density at radius 3 is 2.55 bits per heavy atom. The van der Waals surface area contributed by atoms with E-state index in [0.29, 0.717) is 0 Å². The Morgan fingerprint density at radius 2 is 2.18 bits per heavy atom. The van der Waals surface area contributed by atoms with E-state index in [1.165, 1.54) is 6.92 Å². The number of nitrogens with one attached hydrogen (secondary N) is 1. The summed E-state index contributed by atoms with van der Waals surface area (Å²) >= 11 is 0. The molecule has 1 aromatic rings. The minimum Gasteiger partial charge on any atom is -0.354 e. The average Bonchev–Trinajstić information content (AvgIpc) is 2.09.